The van der Waals surface area contributed by atoms with Crippen LogP contribution in [0.4, 0.5) is 13.2 Å². The minimum absolute atomic E-state index is 0.175. The Morgan fingerprint density at radius 2 is 1.86 bits per heavy atom. The van der Waals surface area contributed by atoms with E-state index in [-0.39, 0.29) is 18.2 Å². The van der Waals surface area contributed by atoms with Gasteiger partial charge in [0.25, 0.3) is 5.91 Å². The van der Waals surface area contributed by atoms with E-state index in [2.05, 4.69) is 14.6 Å². The monoisotopic (exact) mass is 518 g/mol. The number of halogens is 4. The SMILES string of the molecule is Cn1cnc(C(=O)N(Cc2cccc(OC(F)(F)F)c2)CC2C3CN(Cc4ccc(Cl)cc4)CC32)c1. The second-order valence-electron chi connectivity index (χ2n) is 9.62. The molecule has 5 rings (SSSR count). The van der Waals surface area contributed by atoms with Gasteiger partial charge in [0.1, 0.15) is 11.4 Å². The summed E-state index contributed by atoms with van der Waals surface area (Å²) in [4.78, 5) is 21.6. The van der Waals surface area contributed by atoms with Crippen LogP contribution in [0.15, 0.2) is 61.1 Å². The van der Waals surface area contributed by atoms with Crippen LogP contribution in [0, 0.1) is 17.8 Å². The lowest BCUT2D eigenvalue weighted by Gasteiger charge is -2.25. The number of ether oxygens (including phenoxy) is 1. The number of likely N-dealkylation sites (tertiary alicyclic amines) is 1. The fourth-order valence-electron chi connectivity index (χ4n) is 5.21. The molecule has 1 aliphatic carbocycles. The highest BCUT2D eigenvalue weighted by atomic mass is 35.5. The zero-order chi connectivity index (χ0) is 25.4. The van der Waals surface area contributed by atoms with E-state index in [0.717, 1.165) is 24.7 Å². The molecular weight excluding hydrogens is 493 g/mol. The summed E-state index contributed by atoms with van der Waals surface area (Å²) < 4.78 is 43.8. The van der Waals surface area contributed by atoms with Gasteiger partial charge >= 0.3 is 6.36 Å². The Kier molecular flexibility index (Phi) is 6.70. The van der Waals surface area contributed by atoms with E-state index < -0.39 is 6.36 Å². The van der Waals surface area contributed by atoms with Crippen LogP contribution in [0.2, 0.25) is 5.02 Å². The van der Waals surface area contributed by atoms with Gasteiger partial charge in [-0.3, -0.25) is 9.69 Å². The number of carbonyl (C=O) groups excluding carboxylic acids is 1. The molecule has 36 heavy (non-hydrogen) atoms. The molecule has 2 unspecified atom stereocenters. The zero-order valence-electron chi connectivity index (χ0n) is 19.7. The molecule has 3 aromatic rings. The van der Waals surface area contributed by atoms with Gasteiger partial charge in [0, 0.05) is 51.0 Å². The van der Waals surface area contributed by atoms with Gasteiger partial charge in [0.2, 0.25) is 0 Å². The number of alkyl halides is 3. The van der Waals surface area contributed by atoms with Gasteiger partial charge in [-0.15, -0.1) is 13.2 Å². The van der Waals surface area contributed by atoms with Gasteiger partial charge in [-0.2, -0.15) is 0 Å². The van der Waals surface area contributed by atoms with Gasteiger partial charge in [0.15, 0.2) is 0 Å². The second kappa shape index (κ2) is 9.78. The Bertz CT molecular complexity index is 1220. The van der Waals surface area contributed by atoms with E-state index in [4.69, 9.17) is 11.6 Å². The van der Waals surface area contributed by atoms with Crippen molar-refractivity contribution < 1.29 is 22.7 Å². The van der Waals surface area contributed by atoms with Crippen molar-refractivity contribution in [3.05, 3.63) is 82.9 Å². The van der Waals surface area contributed by atoms with Gasteiger partial charge < -0.3 is 14.2 Å². The molecule has 0 spiro atoms. The third kappa shape index (κ3) is 5.84. The number of aryl methyl sites for hydroxylation is 1. The van der Waals surface area contributed by atoms with Crippen molar-refractivity contribution in [1.82, 2.24) is 19.4 Å². The summed E-state index contributed by atoms with van der Waals surface area (Å²) in [6.07, 6.45) is -1.56. The summed E-state index contributed by atoms with van der Waals surface area (Å²) in [5, 5.41) is 0.719. The molecule has 2 fully saturated rings. The lowest BCUT2D eigenvalue weighted by atomic mass is 10.1. The molecule has 190 valence electrons. The minimum Gasteiger partial charge on any atom is -0.406 e. The van der Waals surface area contributed by atoms with Gasteiger partial charge in [-0.05, 0) is 53.1 Å². The molecule has 2 aromatic carbocycles. The predicted molar refractivity (Wildman–Crippen MR) is 128 cm³/mol. The Balaban J connectivity index is 1.25. The standard InChI is InChI=1S/C26H26ClF3N4O2/c1-32-15-24(31-16-32)25(35)34(11-18-3-2-4-20(9-18)36-26(28,29)30)14-23-21-12-33(13-22(21)23)10-17-5-7-19(27)8-6-17/h2-9,15-16,21-23H,10-14H2,1H3. The number of hydrogen-bond donors (Lipinski definition) is 0. The summed E-state index contributed by atoms with van der Waals surface area (Å²) in [6.45, 7) is 3.48. The van der Waals surface area contributed by atoms with Crippen molar-refractivity contribution in [2.75, 3.05) is 19.6 Å². The summed E-state index contributed by atoms with van der Waals surface area (Å²) in [5.74, 6) is 0.813. The number of hydrogen-bond acceptors (Lipinski definition) is 4. The van der Waals surface area contributed by atoms with Crippen LogP contribution in [0.3, 0.4) is 0 Å². The highest BCUT2D eigenvalue weighted by Crippen LogP contribution is 2.52. The molecule has 6 nitrogen and oxygen atoms in total. The average Bonchev–Trinajstić information content (AvgIpc) is 3.14. The van der Waals surface area contributed by atoms with Crippen LogP contribution >= 0.6 is 11.6 Å². The maximum absolute atomic E-state index is 13.3. The smallest absolute Gasteiger partial charge is 0.406 e. The van der Waals surface area contributed by atoms with E-state index in [1.54, 1.807) is 35.1 Å². The van der Waals surface area contributed by atoms with E-state index in [1.165, 1.54) is 23.8 Å². The molecule has 2 aliphatic rings. The maximum atomic E-state index is 13.3. The highest BCUT2D eigenvalue weighted by Gasteiger charge is 2.55. The van der Waals surface area contributed by atoms with Crippen molar-refractivity contribution in [3.63, 3.8) is 0 Å². The van der Waals surface area contributed by atoms with Crippen LogP contribution in [-0.4, -0.2) is 51.3 Å². The predicted octanol–water partition coefficient (Wildman–Crippen LogP) is 4.99. The number of nitrogens with zero attached hydrogens (tertiary/aromatic N) is 4. The minimum atomic E-state index is -4.77. The Morgan fingerprint density at radius 3 is 2.50 bits per heavy atom. The van der Waals surface area contributed by atoms with Crippen LogP contribution in [-0.2, 0) is 20.1 Å². The third-order valence-electron chi connectivity index (χ3n) is 6.91. The normalized spacial score (nSPS) is 21.3. The topological polar surface area (TPSA) is 50.6 Å². The van der Waals surface area contributed by atoms with Crippen molar-refractivity contribution in [2.45, 2.75) is 19.5 Å². The fourth-order valence-corrected chi connectivity index (χ4v) is 5.33. The fraction of sp³-hybridized carbons (Fsp3) is 0.385. The number of piperidine rings is 1. The quantitative estimate of drug-likeness (QED) is 0.421. The summed E-state index contributed by atoms with van der Waals surface area (Å²) in [6, 6.07) is 13.6. The molecule has 0 radical (unpaired) electrons. The number of benzene rings is 2. The second-order valence-corrected chi connectivity index (χ2v) is 10.1. The van der Waals surface area contributed by atoms with Crippen LogP contribution in [0.25, 0.3) is 0 Å². The average molecular weight is 519 g/mol. The lowest BCUT2D eigenvalue weighted by Crippen LogP contribution is -2.35. The molecule has 1 aromatic heterocycles. The zero-order valence-corrected chi connectivity index (χ0v) is 20.4. The highest BCUT2D eigenvalue weighted by molar-refractivity contribution is 6.30. The van der Waals surface area contributed by atoms with Gasteiger partial charge in [-0.25, -0.2) is 4.98 Å². The molecule has 1 saturated carbocycles. The molecule has 1 amide bonds. The molecular formula is C26H26ClF3N4O2. The van der Waals surface area contributed by atoms with E-state index in [9.17, 15) is 18.0 Å². The molecule has 2 heterocycles. The summed E-state index contributed by atoms with van der Waals surface area (Å²) >= 11 is 5.98. The molecule has 1 saturated heterocycles. The summed E-state index contributed by atoms with van der Waals surface area (Å²) in [7, 11) is 1.78. The largest absolute Gasteiger partial charge is 0.573 e. The van der Waals surface area contributed by atoms with Crippen molar-refractivity contribution >= 4 is 17.5 Å². The first-order valence-electron chi connectivity index (χ1n) is 11.7. The first kappa shape index (κ1) is 24.6. The number of aromatic nitrogens is 2. The van der Waals surface area contributed by atoms with Crippen LogP contribution in [0.1, 0.15) is 21.6 Å². The number of carbonyl (C=O) groups is 1. The number of imidazole rings is 1. The number of fused-ring (bicyclic) bond motifs is 1. The Labute approximate surface area is 212 Å². The van der Waals surface area contributed by atoms with Crippen molar-refractivity contribution in [3.8, 4) is 5.75 Å². The molecule has 2 atom stereocenters. The molecule has 0 bridgehead atoms. The van der Waals surface area contributed by atoms with E-state index in [1.807, 2.05) is 24.3 Å². The van der Waals surface area contributed by atoms with Crippen LogP contribution in [0.5, 0.6) is 5.75 Å². The van der Waals surface area contributed by atoms with Crippen LogP contribution < -0.4 is 4.74 Å². The van der Waals surface area contributed by atoms with Gasteiger partial charge in [0.05, 0.1) is 6.33 Å². The Hall–Kier alpha value is -3.04. The van der Waals surface area contributed by atoms with Crippen molar-refractivity contribution in [1.29, 1.82) is 0 Å². The lowest BCUT2D eigenvalue weighted by molar-refractivity contribution is -0.274. The Morgan fingerprint density at radius 1 is 1.14 bits per heavy atom. The van der Waals surface area contributed by atoms with E-state index >= 15 is 0 Å². The number of rotatable bonds is 8. The molecule has 0 N–H and O–H groups in total. The maximum Gasteiger partial charge on any atom is 0.573 e. The molecule has 10 heteroatoms. The first-order chi connectivity index (χ1) is 17.1. The third-order valence-corrected chi connectivity index (χ3v) is 7.17. The summed E-state index contributed by atoms with van der Waals surface area (Å²) in [5.41, 5.74) is 2.09. The first-order valence-corrected chi connectivity index (χ1v) is 12.1. The molecule has 1 aliphatic heterocycles. The number of amides is 1. The van der Waals surface area contributed by atoms with Crippen molar-refractivity contribution in [2.24, 2.45) is 24.8 Å². The van der Waals surface area contributed by atoms with E-state index in [0.29, 0.717) is 35.6 Å². The van der Waals surface area contributed by atoms with Gasteiger partial charge in [-0.1, -0.05) is 35.9 Å².